The molecule has 0 aliphatic carbocycles. The van der Waals surface area contributed by atoms with Crippen molar-refractivity contribution >= 4 is 17.3 Å². The molecule has 1 aromatic rings. The fraction of sp³-hybridized carbons (Fsp3) is 0.200. The second kappa shape index (κ2) is 4.13. The smallest absolute Gasteiger partial charge is 0.543 e. The Kier molecular flexibility index (Phi) is 3.97. The predicted molar refractivity (Wildman–Crippen MR) is 31.4 cm³/mol. The van der Waals surface area contributed by atoms with E-state index in [-0.39, 0.29) is 30.2 Å². The molecule has 3 nitrogen and oxygen atoms in total. The molecule has 8 heteroatoms. The first-order valence-corrected chi connectivity index (χ1v) is 3.53. The SMILES string of the molecule is O=C([O-])c1csc(C(F)(F)F)n1.[Li+]. The number of alkyl halides is 3. The van der Waals surface area contributed by atoms with Gasteiger partial charge in [0.15, 0.2) is 5.01 Å². The zero-order valence-electron chi connectivity index (χ0n) is 6.38. The van der Waals surface area contributed by atoms with Gasteiger partial charge in [0, 0.05) is 5.38 Å². The topological polar surface area (TPSA) is 53.0 Å². The van der Waals surface area contributed by atoms with Crippen LogP contribution in [0.1, 0.15) is 15.5 Å². The monoisotopic (exact) mass is 203 g/mol. The van der Waals surface area contributed by atoms with Gasteiger partial charge in [0.1, 0.15) is 0 Å². The van der Waals surface area contributed by atoms with Gasteiger partial charge in [0.05, 0.1) is 11.7 Å². The van der Waals surface area contributed by atoms with Crippen molar-refractivity contribution in [2.24, 2.45) is 0 Å². The Morgan fingerprint density at radius 2 is 2.08 bits per heavy atom. The third-order valence-electron chi connectivity index (χ3n) is 0.956. The summed E-state index contributed by atoms with van der Waals surface area (Å²) in [6, 6.07) is 0. The van der Waals surface area contributed by atoms with Crippen molar-refractivity contribution in [3.63, 3.8) is 0 Å². The minimum Gasteiger partial charge on any atom is -0.543 e. The van der Waals surface area contributed by atoms with Crippen LogP contribution in [0.2, 0.25) is 0 Å². The molecule has 0 aliphatic heterocycles. The quantitative estimate of drug-likeness (QED) is 0.475. The standard InChI is InChI=1S/C5H2F3NO2S.Li/c6-5(7,8)4-9-2(1-12-4)3(10)11;/h1H,(H,10,11);/q;+1/p-1. The zero-order chi connectivity index (χ0) is 9.35. The van der Waals surface area contributed by atoms with Crippen LogP contribution in [-0.4, -0.2) is 11.0 Å². The van der Waals surface area contributed by atoms with Crippen LogP contribution in [0.3, 0.4) is 0 Å². The first-order chi connectivity index (χ1) is 5.41. The molecule has 13 heavy (non-hydrogen) atoms. The third-order valence-corrected chi connectivity index (χ3v) is 1.84. The minimum atomic E-state index is -4.58. The van der Waals surface area contributed by atoms with Gasteiger partial charge in [0.25, 0.3) is 0 Å². The van der Waals surface area contributed by atoms with Gasteiger partial charge < -0.3 is 9.90 Å². The van der Waals surface area contributed by atoms with Crippen LogP contribution in [0, 0.1) is 0 Å². The van der Waals surface area contributed by atoms with Crippen LogP contribution >= 0.6 is 11.3 Å². The molecule has 0 saturated carbocycles. The number of thiazole rings is 1. The summed E-state index contributed by atoms with van der Waals surface area (Å²) in [5.41, 5.74) is -0.688. The van der Waals surface area contributed by atoms with Gasteiger partial charge in [-0.1, -0.05) is 0 Å². The molecule has 1 rings (SSSR count). The summed E-state index contributed by atoms with van der Waals surface area (Å²) in [4.78, 5) is 12.8. The maximum atomic E-state index is 11.8. The van der Waals surface area contributed by atoms with Crippen molar-refractivity contribution in [1.82, 2.24) is 4.98 Å². The Morgan fingerprint density at radius 3 is 2.31 bits per heavy atom. The van der Waals surface area contributed by atoms with Crippen LogP contribution in [0.15, 0.2) is 5.38 Å². The largest absolute Gasteiger partial charge is 1.00 e. The third kappa shape index (κ3) is 3.03. The van der Waals surface area contributed by atoms with E-state index in [0.717, 1.165) is 5.38 Å². The Morgan fingerprint density at radius 1 is 1.54 bits per heavy atom. The number of aromatic nitrogens is 1. The number of nitrogens with zero attached hydrogens (tertiary/aromatic N) is 1. The van der Waals surface area contributed by atoms with Gasteiger partial charge in [-0.15, -0.1) is 11.3 Å². The van der Waals surface area contributed by atoms with E-state index in [1.54, 1.807) is 0 Å². The van der Waals surface area contributed by atoms with Crippen LogP contribution in [0.5, 0.6) is 0 Å². The Bertz CT molecular complexity index is 311. The van der Waals surface area contributed by atoms with Crippen LogP contribution in [0.25, 0.3) is 0 Å². The van der Waals surface area contributed by atoms with E-state index in [1.807, 2.05) is 0 Å². The van der Waals surface area contributed by atoms with Gasteiger partial charge >= 0.3 is 25.0 Å². The van der Waals surface area contributed by atoms with E-state index < -0.39 is 22.8 Å². The average Bonchev–Trinajstić information content (AvgIpc) is 2.30. The first-order valence-electron chi connectivity index (χ1n) is 2.65. The summed E-state index contributed by atoms with van der Waals surface area (Å²) in [5, 5.41) is 9.62. The Balaban J connectivity index is 0.00000144. The minimum absolute atomic E-state index is 0. The summed E-state index contributed by atoms with van der Waals surface area (Å²) in [5.74, 6) is -1.71. The van der Waals surface area contributed by atoms with Gasteiger partial charge in [0.2, 0.25) is 0 Å². The second-order valence-electron chi connectivity index (χ2n) is 1.82. The van der Waals surface area contributed by atoms with Crippen LogP contribution < -0.4 is 24.0 Å². The number of carbonyl (C=O) groups is 1. The number of carboxylic acids is 1. The van der Waals surface area contributed by atoms with E-state index in [4.69, 9.17) is 0 Å². The normalized spacial score (nSPS) is 10.7. The zero-order valence-corrected chi connectivity index (χ0v) is 7.20. The van der Waals surface area contributed by atoms with Gasteiger partial charge in [-0.3, -0.25) is 0 Å². The molecule has 1 heterocycles. The van der Waals surface area contributed by atoms with Gasteiger partial charge in [-0.2, -0.15) is 13.2 Å². The second-order valence-corrected chi connectivity index (χ2v) is 2.68. The number of carboxylic acid groups (broad SMARTS) is 1. The maximum Gasteiger partial charge on any atom is 1.00 e. The summed E-state index contributed by atoms with van der Waals surface area (Å²) in [6.07, 6.45) is -4.58. The van der Waals surface area contributed by atoms with Gasteiger partial charge in [-0.25, -0.2) is 4.98 Å². The molecule has 0 spiro atoms. The number of rotatable bonds is 1. The molecule has 1 aromatic heterocycles. The predicted octanol–water partition coefficient (Wildman–Crippen LogP) is -2.47. The van der Waals surface area contributed by atoms with Crippen LogP contribution in [0.4, 0.5) is 13.2 Å². The molecule has 0 unspecified atom stereocenters. The molecule has 0 radical (unpaired) electrons. The van der Waals surface area contributed by atoms with Crippen LogP contribution in [-0.2, 0) is 6.18 Å². The molecule has 0 bridgehead atoms. The summed E-state index contributed by atoms with van der Waals surface area (Å²) >= 11 is 0.228. The molecular formula is C5HF3LiNO2S. The summed E-state index contributed by atoms with van der Waals surface area (Å²) < 4.78 is 35.4. The fourth-order valence-corrected chi connectivity index (χ4v) is 1.15. The molecule has 0 aliphatic rings. The molecular weight excluding hydrogens is 202 g/mol. The van der Waals surface area contributed by atoms with E-state index >= 15 is 0 Å². The molecule has 66 valence electrons. The molecule has 0 fully saturated rings. The van der Waals surface area contributed by atoms with Crippen molar-refractivity contribution in [3.8, 4) is 0 Å². The number of halogens is 3. The summed E-state index contributed by atoms with van der Waals surface area (Å²) in [6.45, 7) is 0. The van der Waals surface area contributed by atoms with E-state index in [9.17, 15) is 23.1 Å². The number of hydrogen-bond acceptors (Lipinski definition) is 4. The number of hydrogen-bond donors (Lipinski definition) is 0. The van der Waals surface area contributed by atoms with Crippen molar-refractivity contribution in [1.29, 1.82) is 0 Å². The fourth-order valence-electron chi connectivity index (χ4n) is 0.498. The summed E-state index contributed by atoms with van der Waals surface area (Å²) in [7, 11) is 0. The maximum absolute atomic E-state index is 11.8. The van der Waals surface area contributed by atoms with E-state index in [0.29, 0.717) is 0 Å². The molecule has 0 amide bonds. The Hall–Kier alpha value is -0.513. The molecule has 0 N–H and O–H groups in total. The van der Waals surface area contributed by atoms with Crippen molar-refractivity contribution in [2.75, 3.05) is 0 Å². The Labute approximate surface area is 86.8 Å². The number of carbonyl (C=O) groups excluding carboxylic acids is 1. The van der Waals surface area contributed by atoms with E-state index in [1.165, 1.54) is 0 Å². The van der Waals surface area contributed by atoms with Crippen molar-refractivity contribution in [3.05, 3.63) is 16.1 Å². The molecule has 0 aromatic carbocycles. The number of aromatic carboxylic acids is 1. The average molecular weight is 203 g/mol. The van der Waals surface area contributed by atoms with E-state index in [2.05, 4.69) is 4.98 Å². The van der Waals surface area contributed by atoms with Crippen molar-refractivity contribution < 1.29 is 41.9 Å². The molecule has 0 atom stereocenters. The molecule has 0 saturated heterocycles. The van der Waals surface area contributed by atoms with Gasteiger partial charge in [-0.05, 0) is 0 Å². The van der Waals surface area contributed by atoms with Crippen molar-refractivity contribution in [2.45, 2.75) is 6.18 Å². The first kappa shape index (κ1) is 12.5.